The number of hydrogen-bond donors (Lipinski definition) is 3. The lowest BCUT2D eigenvalue weighted by Gasteiger charge is -2.37. The number of piperazine rings is 1. The normalized spacial score (nSPS) is 15.0. The highest BCUT2D eigenvalue weighted by atomic mass is 16.2. The molecule has 25 heavy (non-hydrogen) atoms. The molecule has 0 radical (unpaired) electrons. The van der Waals surface area contributed by atoms with Crippen molar-refractivity contribution in [1.29, 1.82) is 10.7 Å². The maximum absolute atomic E-state index is 12.0. The molecule has 0 spiro atoms. The quantitative estimate of drug-likeness (QED) is 0.422. The Labute approximate surface area is 147 Å². The van der Waals surface area contributed by atoms with Crippen LogP contribution >= 0.6 is 0 Å². The molecule has 0 saturated carbocycles. The molecule has 1 fully saturated rings. The van der Waals surface area contributed by atoms with E-state index in [1.54, 1.807) is 6.07 Å². The van der Waals surface area contributed by atoms with Crippen molar-refractivity contribution in [1.82, 2.24) is 4.90 Å². The highest BCUT2D eigenvalue weighted by Crippen LogP contribution is 2.20. The van der Waals surface area contributed by atoms with Gasteiger partial charge in [-0.15, -0.1) is 0 Å². The summed E-state index contributed by atoms with van der Waals surface area (Å²) in [5.41, 5.74) is 9.57. The van der Waals surface area contributed by atoms with Gasteiger partial charge in [0.05, 0.1) is 5.69 Å². The van der Waals surface area contributed by atoms with Crippen molar-refractivity contribution in [3.8, 4) is 6.07 Å². The lowest BCUT2D eigenvalue weighted by molar-refractivity contribution is -0.134. The number of nitrogens with one attached hydrogen (secondary N) is 2. The Hall–Kier alpha value is -3.08. The molecule has 1 aromatic carbocycles. The second-order valence-electron chi connectivity index (χ2n) is 6.11. The zero-order chi connectivity index (χ0) is 18.4. The minimum absolute atomic E-state index is 0.0331. The summed E-state index contributed by atoms with van der Waals surface area (Å²) in [4.78, 5) is 16.2. The molecule has 0 bridgehead atoms. The Morgan fingerprint density at radius 3 is 2.36 bits per heavy atom. The number of amidine groups is 1. The van der Waals surface area contributed by atoms with E-state index in [1.165, 1.54) is 0 Å². The highest BCUT2D eigenvalue weighted by molar-refractivity contribution is 6.45. The molecular weight excluding hydrogens is 318 g/mol. The number of nitriles is 1. The number of benzene rings is 1. The summed E-state index contributed by atoms with van der Waals surface area (Å²) in [6.45, 7) is 6.90. The van der Waals surface area contributed by atoms with Crippen molar-refractivity contribution in [2.24, 2.45) is 16.8 Å². The van der Waals surface area contributed by atoms with Crippen LogP contribution in [0.1, 0.15) is 13.8 Å². The van der Waals surface area contributed by atoms with Crippen molar-refractivity contribution in [3.63, 3.8) is 0 Å². The molecule has 8 nitrogen and oxygen atoms in total. The van der Waals surface area contributed by atoms with Crippen molar-refractivity contribution < 1.29 is 4.79 Å². The molecule has 1 aliphatic heterocycles. The van der Waals surface area contributed by atoms with Crippen LogP contribution in [0, 0.1) is 22.7 Å². The van der Waals surface area contributed by atoms with E-state index < -0.39 is 0 Å². The Morgan fingerprint density at radius 1 is 1.28 bits per heavy atom. The molecule has 0 aliphatic carbocycles. The van der Waals surface area contributed by atoms with E-state index >= 15 is 0 Å². The summed E-state index contributed by atoms with van der Waals surface area (Å²) >= 11 is 0. The van der Waals surface area contributed by atoms with Gasteiger partial charge in [0, 0.05) is 37.8 Å². The molecule has 1 heterocycles. The fraction of sp³-hybridized carbons (Fsp3) is 0.412. The van der Waals surface area contributed by atoms with E-state index in [1.807, 2.05) is 43.0 Å². The van der Waals surface area contributed by atoms with Crippen molar-refractivity contribution >= 4 is 28.8 Å². The van der Waals surface area contributed by atoms with Crippen LogP contribution in [0.4, 0.5) is 11.4 Å². The van der Waals surface area contributed by atoms with E-state index in [9.17, 15) is 4.79 Å². The Bertz CT molecular complexity index is 695. The van der Waals surface area contributed by atoms with Gasteiger partial charge in [0.1, 0.15) is 6.07 Å². The van der Waals surface area contributed by atoms with Crippen LogP contribution in [0.3, 0.4) is 0 Å². The second-order valence-corrected chi connectivity index (χ2v) is 6.11. The van der Waals surface area contributed by atoms with Crippen LogP contribution in [0.2, 0.25) is 0 Å². The van der Waals surface area contributed by atoms with Crippen LogP contribution in [-0.2, 0) is 4.79 Å². The average molecular weight is 341 g/mol. The summed E-state index contributed by atoms with van der Waals surface area (Å²) in [5.74, 6) is -0.137. The van der Waals surface area contributed by atoms with Gasteiger partial charge in [-0.1, -0.05) is 13.8 Å². The first kappa shape index (κ1) is 18.3. The van der Waals surface area contributed by atoms with Gasteiger partial charge in [0.15, 0.2) is 5.84 Å². The zero-order valence-electron chi connectivity index (χ0n) is 14.5. The minimum atomic E-state index is -0.375. The smallest absolute Gasteiger partial charge is 0.225 e. The average Bonchev–Trinajstić information content (AvgIpc) is 2.62. The molecule has 1 saturated heterocycles. The highest BCUT2D eigenvalue weighted by Gasteiger charge is 2.22. The molecule has 4 N–H and O–H groups in total. The SMILES string of the molecule is CC(C)C(=O)N1CCN(c2ccc(N/N=C(\C#N)C(=N)N)cc2)CC1. The van der Waals surface area contributed by atoms with Crippen molar-refractivity contribution in [3.05, 3.63) is 24.3 Å². The summed E-state index contributed by atoms with van der Waals surface area (Å²) in [6.07, 6.45) is 0. The van der Waals surface area contributed by atoms with E-state index in [-0.39, 0.29) is 23.4 Å². The van der Waals surface area contributed by atoms with Gasteiger partial charge < -0.3 is 15.5 Å². The molecule has 0 aromatic heterocycles. The third kappa shape index (κ3) is 4.70. The summed E-state index contributed by atoms with van der Waals surface area (Å²) in [6, 6.07) is 9.36. The number of hydrogen-bond acceptors (Lipinski definition) is 6. The number of amides is 1. The van der Waals surface area contributed by atoms with Crippen LogP contribution in [0.15, 0.2) is 29.4 Å². The van der Waals surface area contributed by atoms with Crippen molar-refractivity contribution in [2.45, 2.75) is 13.8 Å². The minimum Gasteiger partial charge on any atom is -0.382 e. The molecule has 1 amide bonds. The molecular formula is C17H23N7O. The number of rotatable bonds is 5. The maximum atomic E-state index is 12.0. The predicted octanol–water partition coefficient (Wildman–Crippen LogP) is 1.22. The third-order valence-corrected chi connectivity index (χ3v) is 3.98. The van der Waals surface area contributed by atoms with E-state index in [4.69, 9.17) is 16.4 Å². The van der Waals surface area contributed by atoms with E-state index in [2.05, 4.69) is 15.4 Å². The molecule has 1 aliphatic rings. The topological polar surface area (TPSA) is 122 Å². The zero-order valence-corrected chi connectivity index (χ0v) is 14.5. The number of nitrogens with zero attached hydrogens (tertiary/aromatic N) is 4. The maximum Gasteiger partial charge on any atom is 0.225 e. The van der Waals surface area contributed by atoms with Gasteiger partial charge in [-0.25, -0.2) is 0 Å². The Kier molecular flexibility index (Phi) is 5.95. The number of hydrazone groups is 1. The monoisotopic (exact) mass is 341 g/mol. The lowest BCUT2D eigenvalue weighted by Crippen LogP contribution is -2.49. The fourth-order valence-corrected chi connectivity index (χ4v) is 2.56. The van der Waals surface area contributed by atoms with Crippen LogP contribution in [-0.4, -0.2) is 48.5 Å². The van der Waals surface area contributed by atoms with E-state index in [0.29, 0.717) is 5.69 Å². The van der Waals surface area contributed by atoms with Gasteiger partial charge in [-0.3, -0.25) is 15.6 Å². The summed E-state index contributed by atoms with van der Waals surface area (Å²) in [5, 5.41) is 19.8. The standard InChI is InChI=1S/C17H23N7O/c1-12(2)17(25)24-9-7-23(8-10-24)14-5-3-13(4-6-14)21-22-15(11-18)16(19)20/h3-6,12,21H,7-10H2,1-2H3,(H3,19,20)/b22-15+. The first-order valence-corrected chi connectivity index (χ1v) is 8.14. The molecule has 132 valence electrons. The van der Waals surface area contributed by atoms with Crippen LogP contribution < -0.4 is 16.1 Å². The number of nitrogens with two attached hydrogens (primary N) is 1. The van der Waals surface area contributed by atoms with Gasteiger partial charge in [-0.05, 0) is 24.3 Å². The number of anilines is 2. The van der Waals surface area contributed by atoms with Gasteiger partial charge in [-0.2, -0.15) is 10.4 Å². The number of carbonyl (C=O) groups excluding carboxylic acids is 1. The van der Waals surface area contributed by atoms with Crippen LogP contribution in [0.5, 0.6) is 0 Å². The first-order chi connectivity index (χ1) is 11.9. The Balaban J connectivity index is 1.94. The van der Waals surface area contributed by atoms with Gasteiger partial charge in [0.2, 0.25) is 11.6 Å². The predicted molar refractivity (Wildman–Crippen MR) is 98.7 cm³/mol. The summed E-state index contributed by atoms with van der Waals surface area (Å²) in [7, 11) is 0. The first-order valence-electron chi connectivity index (χ1n) is 8.14. The molecule has 2 rings (SSSR count). The Morgan fingerprint density at radius 2 is 1.88 bits per heavy atom. The lowest BCUT2D eigenvalue weighted by atomic mass is 10.1. The second kappa shape index (κ2) is 8.15. The molecule has 0 atom stereocenters. The molecule has 0 unspecified atom stereocenters. The molecule has 1 aromatic rings. The van der Waals surface area contributed by atoms with Crippen molar-refractivity contribution in [2.75, 3.05) is 36.5 Å². The van der Waals surface area contributed by atoms with Gasteiger partial charge in [0.25, 0.3) is 0 Å². The number of carbonyl (C=O) groups is 1. The third-order valence-electron chi connectivity index (χ3n) is 3.98. The fourth-order valence-electron chi connectivity index (χ4n) is 2.56. The largest absolute Gasteiger partial charge is 0.382 e. The van der Waals surface area contributed by atoms with Crippen LogP contribution in [0.25, 0.3) is 0 Å². The molecule has 8 heteroatoms. The summed E-state index contributed by atoms with van der Waals surface area (Å²) < 4.78 is 0. The van der Waals surface area contributed by atoms with Gasteiger partial charge >= 0.3 is 0 Å². The van der Waals surface area contributed by atoms with E-state index in [0.717, 1.165) is 31.9 Å².